The number of nitrogens with one attached hydrogen (secondary N) is 1. The van der Waals surface area contributed by atoms with E-state index in [4.69, 9.17) is 0 Å². The highest BCUT2D eigenvalue weighted by Crippen LogP contribution is 2.15. The number of fused-ring (bicyclic) bond motifs is 1. The highest BCUT2D eigenvalue weighted by atomic mass is 16.2. The standard InChI is InChI=1S/C17H23N3O/c1-4-13(2)12-20(3)17(21)19-11-15-8-5-7-14-9-6-10-18-16(14)15/h5-10,13H,4,11-12H2,1-3H3,(H,19,21)/t13-/m1/s1. The highest BCUT2D eigenvalue weighted by molar-refractivity contribution is 5.82. The van der Waals surface area contributed by atoms with Gasteiger partial charge in [-0.3, -0.25) is 4.98 Å². The zero-order valence-electron chi connectivity index (χ0n) is 13.0. The Kier molecular flexibility index (Phi) is 5.14. The number of hydrogen-bond donors (Lipinski definition) is 1. The Balaban J connectivity index is 2.00. The highest BCUT2D eigenvalue weighted by Gasteiger charge is 2.11. The van der Waals surface area contributed by atoms with E-state index in [0.29, 0.717) is 12.5 Å². The van der Waals surface area contributed by atoms with E-state index in [9.17, 15) is 4.79 Å². The smallest absolute Gasteiger partial charge is 0.317 e. The van der Waals surface area contributed by atoms with Gasteiger partial charge in [0.05, 0.1) is 5.52 Å². The van der Waals surface area contributed by atoms with Crippen molar-refractivity contribution in [2.24, 2.45) is 5.92 Å². The van der Waals surface area contributed by atoms with E-state index in [-0.39, 0.29) is 6.03 Å². The fraction of sp³-hybridized carbons (Fsp3) is 0.412. The lowest BCUT2D eigenvalue weighted by molar-refractivity contribution is 0.201. The maximum Gasteiger partial charge on any atom is 0.317 e. The van der Waals surface area contributed by atoms with Gasteiger partial charge >= 0.3 is 6.03 Å². The Morgan fingerprint density at radius 2 is 2.10 bits per heavy atom. The molecule has 0 radical (unpaired) electrons. The quantitative estimate of drug-likeness (QED) is 0.915. The maximum absolute atomic E-state index is 12.1. The molecule has 1 N–H and O–H groups in total. The van der Waals surface area contributed by atoms with Crippen LogP contribution in [-0.2, 0) is 6.54 Å². The second-order valence-corrected chi connectivity index (χ2v) is 5.54. The van der Waals surface area contributed by atoms with E-state index < -0.39 is 0 Å². The summed E-state index contributed by atoms with van der Waals surface area (Å²) >= 11 is 0. The van der Waals surface area contributed by atoms with Crippen LogP contribution in [0.3, 0.4) is 0 Å². The number of pyridine rings is 1. The number of benzene rings is 1. The third-order valence-electron chi connectivity index (χ3n) is 3.78. The Morgan fingerprint density at radius 1 is 1.33 bits per heavy atom. The monoisotopic (exact) mass is 285 g/mol. The Hall–Kier alpha value is -2.10. The molecule has 0 aliphatic carbocycles. The van der Waals surface area contributed by atoms with Crippen LogP contribution < -0.4 is 5.32 Å². The topological polar surface area (TPSA) is 45.2 Å². The molecule has 1 aromatic carbocycles. The molecule has 2 rings (SSSR count). The van der Waals surface area contributed by atoms with Crippen LogP contribution in [-0.4, -0.2) is 29.5 Å². The van der Waals surface area contributed by atoms with Crippen LogP contribution in [0.5, 0.6) is 0 Å². The molecular formula is C17H23N3O. The van der Waals surface area contributed by atoms with Gasteiger partial charge in [-0.05, 0) is 17.5 Å². The van der Waals surface area contributed by atoms with Crippen LogP contribution in [0.1, 0.15) is 25.8 Å². The molecule has 2 amide bonds. The van der Waals surface area contributed by atoms with Gasteiger partial charge in [0.25, 0.3) is 0 Å². The van der Waals surface area contributed by atoms with E-state index in [2.05, 4.69) is 24.1 Å². The number of rotatable bonds is 5. The molecule has 0 fully saturated rings. The summed E-state index contributed by atoms with van der Waals surface area (Å²) in [5.41, 5.74) is 1.99. The third-order valence-corrected chi connectivity index (χ3v) is 3.78. The first-order chi connectivity index (χ1) is 10.1. The molecule has 0 aliphatic heterocycles. The Morgan fingerprint density at radius 3 is 2.86 bits per heavy atom. The van der Waals surface area contributed by atoms with Crippen molar-refractivity contribution in [3.05, 3.63) is 42.1 Å². The fourth-order valence-corrected chi connectivity index (χ4v) is 2.30. The van der Waals surface area contributed by atoms with Gasteiger partial charge in [0.2, 0.25) is 0 Å². The molecule has 1 aromatic heterocycles. The van der Waals surface area contributed by atoms with Crippen LogP contribution in [0, 0.1) is 5.92 Å². The van der Waals surface area contributed by atoms with Gasteiger partial charge in [-0.2, -0.15) is 0 Å². The van der Waals surface area contributed by atoms with E-state index in [1.54, 1.807) is 11.1 Å². The first-order valence-electron chi connectivity index (χ1n) is 7.43. The predicted octanol–water partition coefficient (Wildman–Crippen LogP) is 3.42. The zero-order chi connectivity index (χ0) is 15.2. The van der Waals surface area contributed by atoms with Crippen LogP contribution in [0.2, 0.25) is 0 Å². The summed E-state index contributed by atoms with van der Waals surface area (Å²) in [6, 6.07) is 9.94. The third kappa shape index (κ3) is 3.94. The first-order valence-corrected chi connectivity index (χ1v) is 7.43. The SMILES string of the molecule is CC[C@@H](C)CN(C)C(=O)NCc1cccc2cccnc12. The number of urea groups is 1. The van der Waals surface area contributed by atoms with Gasteiger partial charge in [-0.1, -0.05) is 44.5 Å². The minimum Gasteiger partial charge on any atom is -0.334 e. The van der Waals surface area contributed by atoms with Crippen molar-refractivity contribution in [2.45, 2.75) is 26.8 Å². The maximum atomic E-state index is 12.1. The van der Waals surface area contributed by atoms with Crippen molar-refractivity contribution in [1.82, 2.24) is 15.2 Å². The van der Waals surface area contributed by atoms with Crippen molar-refractivity contribution in [3.8, 4) is 0 Å². The first kappa shape index (κ1) is 15.3. The van der Waals surface area contributed by atoms with Gasteiger partial charge in [0.1, 0.15) is 0 Å². The van der Waals surface area contributed by atoms with E-state index in [1.807, 2.05) is 37.4 Å². The van der Waals surface area contributed by atoms with Crippen LogP contribution in [0.4, 0.5) is 4.79 Å². The van der Waals surface area contributed by atoms with Crippen molar-refractivity contribution in [3.63, 3.8) is 0 Å². The Labute approximate surface area is 126 Å². The second kappa shape index (κ2) is 7.07. The second-order valence-electron chi connectivity index (χ2n) is 5.54. The van der Waals surface area contributed by atoms with Crippen LogP contribution in [0.15, 0.2) is 36.5 Å². The molecule has 112 valence electrons. The summed E-state index contributed by atoms with van der Waals surface area (Å²) in [5.74, 6) is 0.514. The van der Waals surface area contributed by atoms with Gasteiger partial charge < -0.3 is 10.2 Å². The largest absolute Gasteiger partial charge is 0.334 e. The minimum atomic E-state index is -0.0387. The summed E-state index contributed by atoms with van der Waals surface area (Å²) in [7, 11) is 1.84. The van der Waals surface area contributed by atoms with Crippen LogP contribution in [0.25, 0.3) is 10.9 Å². The van der Waals surface area contributed by atoms with E-state index in [0.717, 1.165) is 29.4 Å². The lowest BCUT2D eigenvalue weighted by Crippen LogP contribution is -2.39. The van der Waals surface area contributed by atoms with Gasteiger partial charge in [0, 0.05) is 31.7 Å². The lowest BCUT2D eigenvalue weighted by atomic mass is 10.1. The molecule has 1 heterocycles. The molecular weight excluding hydrogens is 262 g/mol. The number of carbonyl (C=O) groups excluding carboxylic acids is 1. The molecule has 4 nitrogen and oxygen atoms in total. The summed E-state index contributed by atoms with van der Waals surface area (Å²) in [6.07, 6.45) is 2.85. The van der Waals surface area contributed by atoms with Crippen molar-refractivity contribution in [1.29, 1.82) is 0 Å². The van der Waals surface area contributed by atoms with Gasteiger partial charge in [0.15, 0.2) is 0 Å². The lowest BCUT2D eigenvalue weighted by Gasteiger charge is -2.21. The van der Waals surface area contributed by atoms with E-state index in [1.165, 1.54) is 0 Å². The van der Waals surface area contributed by atoms with Crippen molar-refractivity contribution in [2.75, 3.05) is 13.6 Å². The molecule has 0 unspecified atom stereocenters. The number of para-hydroxylation sites is 1. The number of nitrogens with zero attached hydrogens (tertiary/aromatic N) is 2. The Bertz CT molecular complexity index is 607. The van der Waals surface area contributed by atoms with Crippen molar-refractivity contribution >= 4 is 16.9 Å². The molecule has 0 bridgehead atoms. The zero-order valence-corrected chi connectivity index (χ0v) is 13.0. The van der Waals surface area contributed by atoms with E-state index >= 15 is 0 Å². The summed E-state index contributed by atoms with van der Waals surface area (Å²) in [4.78, 5) is 18.2. The number of aromatic nitrogens is 1. The van der Waals surface area contributed by atoms with Gasteiger partial charge in [-0.15, -0.1) is 0 Å². The molecule has 4 heteroatoms. The predicted molar refractivity (Wildman–Crippen MR) is 86.1 cm³/mol. The molecule has 0 saturated heterocycles. The molecule has 2 aromatic rings. The fourth-order valence-electron chi connectivity index (χ4n) is 2.30. The molecule has 0 aliphatic rings. The van der Waals surface area contributed by atoms with Crippen LogP contribution >= 0.6 is 0 Å². The average Bonchev–Trinajstić information content (AvgIpc) is 2.52. The number of carbonyl (C=O) groups is 1. The van der Waals surface area contributed by atoms with Crippen molar-refractivity contribution < 1.29 is 4.79 Å². The number of hydrogen-bond acceptors (Lipinski definition) is 2. The summed E-state index contributed by atoms with van der Waals surface area (Å²) in [6.45, 7) is 5.56. The normalized spacial score (nSPS) is 12.1. The van der Waals surface area contributed by atoms with Gasteiger partial charge in [-0.25, -0.2) is 4.79 Å². The summed E-state index contributed by atoms with van der Waals surface area (Å²) in [5, 5.41) is 4.06. The molecule has 1 atom stereocenters. The molecule has 21 heavy (non-hydrogen) atoms. The molecule has 0 saturated carbocycles. The number of amides is 2. The minimum absolute atomic E-state index is 0.0387. The summed E-state index contributed by atoms with van der Waals surface area (Å²) < 4.78 is 0. The average molecular weight is 285 g/mol. The molecule has 0 spiro atoms.